The molecule has 1 aromatic carbocycles. The summed E-state index contributed by atoms with van der Waals surface area (Å²) >= 11 is 0. The van der Waals surface area contributed by atoms with Crippen LogP contribution in [0.25, 0.3) is 0 Å². The number of imidazole rings is 1. The number of methoxy groups -OCH3 is 1. The summed E-state index contributed by atoms with van der Waals surface area (Å²) in [7, 11) is 1.72. The quantitative estimate of drug-likeness (QED) is 0.843. The van der Waals surface area contributed by atoms with E-state index in [4.69, 9.17) is 4.74 Å². The molecule has 0 saturated carbocycles. The van der Waals surface area contributed by atoms with Gasteiger partial charge in [0.1, 0.15) is 0 Å². The van der Waals surface area contributed by atoms with Gasteiger partial charge in [0.25, 0.3) is 0 Å². The number of aromatic nitrogens is 2. The molecule has 0 bridgehead atoms. The summed E-state index contributed by atoms with van der Waals surface area (Å²) in [6.45, 7) is 6.56. The molecule has 0 fully saturated rings. The lowest BCUT2D eigenvalue weighted by atomic mass is 10.1. The van der Waals surface area contributed by atoms with Crippen molar-refractivity contribution >= 4 is 5.95 Å². The predicted molar refractivity (Wildman–Crippen MR) is 82.2 cm³/mol. The molecule has 20 heavy (non-hydrogen) atoms. The van der Waals surface area contributed by atoms with Crippen LogP contribution in [0.4, 0.5) is 5.95 Å². The van der Waals surface area contributed by atoms with Gasteiger partial charge in [-0.1, -0.05) is 24.3 Å². The maximum Gasteiger partial charge on any atom is 0.203 e. The van der Waals surface area contributed by atoms with Crippen LogP contribution in [0.15, 0.2) is 30.5 Å². The highest BCUT2D eigenvalue weighted by atomic mass is 16.5. The number of anilines is 1. The standard InChI is InChI=1S/C16H23N3O/c1-13-6-4-5-7-15(13)8-9-17-16-18-14(2)12-19(16)10-11-20-3/h4-7,12H,8-11H2,1-3H3,(H,17,18). The molecule has 2 rings (SSSR count). The zero-order valence-corrected chi connectivity index (χ0v) is 12.5. The van der Waals surface area contributed by atoms with Crippen LogP contribution in [0.2, 0.25) is 0 Å². The molecule has 0 atom stereocenters. The minimum absolute atomic E-state index is 0.697. The van der Waals surface area contributed by atoms with Crippen LogP contribution in [0.5, 0.6) is 0 Å². The van der Waals surface area contributed by atoms with Crippen molar-refractivity contribution in [2.24, 2.45) is 0 Å². The van der Waals surface area contributed by atoms with E-state index in [0.717, 1.165) is 31.2 Å². The van der Waals surface area contributed by atoms with Crippen molar-refractivity contribution in [3.63, 3.8) is 0 Å². The highest BCUT2D eigenvalue weighted by Crippen LogP contribution is 2.11. The monoisotopic (exact) mass is 273 g/mol. The fourth-order valence-corrected chi connectivity index (χ4v) is 2.25. The molecule has 108 valence electrons. The van der Waals surface area contributed by atoms with E-state index in [2.05, 4.69) is 52.3 Å². The number of ether oxygens (including phenoxy) is 1. The van der Waals surface area contributed by atoms with Gasteiger partial charge >= 0.3 is 0 Å². The van der Waals surface area contributed by atoms with Gasteiger partial charge in [0, 0.05) is 26.4 Å². The van der Waals surface area contributed by atoms with Crippen molar-refractivity contribution in [1.29, 1.82) is 0 Å². The highest BCUT2D eigenvalue weighted by molar-refractivity contribution is 5.31. The van der Waals surface area contributed by atoms with Gasteiger partial charge in [0.2, 0.25) is 5.95 Å². The van der Waals surface area contributed by atoms with Crippen molar-refractivity contribution in [1.82, 2.24) is 9.55 Å². The van der Waals surface area contributed by atoms with E-state index >= 15 is 0 Å². The molecular weight excluding hydrogens is 250 g/mol. The van der Waals surface area contributed by atoms with E-state index in [9.17, 15) is 0 Å². The second-order valence-electron chi connectivity index (χ2n) is 5.00. The van der Waals surface area contributed by atoms with Gasteiger partial charge in [-0.2, -0.15) is 0 Å². The van der Waals surface area contributed by atoms with E-state index < -0.39 is 0 Å². The van der Waals surface area contributed by atoms with E-state index in [0.29, 0.717) is 6.61 Å². The fourth-order valence-electron chi connectivity index (χ4n) is 2.25. The Hall–Kier alpha value is -1.81. The van der Waals surface area contributed by atoms with Gasteiger partial charge in [-0.25, -0.2) is 4.98 Å². The van der Waals surface area contributed by atoms with Crippen LogP contribution in [0, 0.1) is 13.8 Å². The Labute approximate surface area is 120 Å². The van der Waals surface area contributed by atoms with Crippen LogP contribution in [0.1, 0.15) is 16.8 Å². The number of hydrogen-bond donors (Lipinski definition) is 1. The molecule has 0 saturated heterocycles. The van der Waals surface area contributed by atoms with Gasteiger partial charge in [0.15, 0.2) is 0 Å². The first-order valence-corrected chi connectivity index (χ1v) is 7.02. The molecular formula is C16H23N3O. The molecule has 0 radical (unpaired) electrons. The molecule has 2 aromatic rings. The molecule has 1 N–H and O–H groups in total. The summed E-state index contributed by atoms with van der Waals surface area (Å²) < 4.78 is 7.23. The molecule has 0 aliphatic rings. The first-order chi connectivity index (χ1) is 9.70. The number of rotatable bonds is 7. The second-order valence-corrected chi connectivity index (χ2v) is 5.00. The van der Waals surface area contributed by atoms with Crippen molar-refractivity contribution in [2.75, 3.05) is 25.6 Å². The molecule has 4 heteroatoms. The van der Waals surface area contributed by atoms with Crippen molar-refractivity contribution in [2.45, 2.75) is 26.8 Å². The molecule has 1 aromatic heterocycles. The Balaban J connectivity index is 1.92. The van der Waals surface area contributed by atoms with E-state index in [1.54, 1.807) is 7.11 Å². The van der Waals surface area contributed by atoms with Crippen LogP contribution in [-0.4, -0.2) is 29.8 Å². The Morgan fingerprint density at radius 3 is 2.80 bits per heavy atom. The number of hydrogen-bond acceptors (Lipinski definition) is 3. The number of nitrogens with one attached hydrogen (secondary N) is 1. The molecule has 1 heterocycles. The highest BCUT2D eigenvalue weighted by Gasteiger charge is 2.05. The first-order valence-electron chi connectivity index (χ1n) is 7.02. The third-order valence-electron chi connectivity index (χ3n) is 3.37. The van der Waals surface area contributed by atoms with Gasteiger partial charge in [-0.15, -0.1) is 0 Å². The second kappa shape index (κ2) is 7.10. The zero-order chi connectivity index (χ0) is 14.4. The molecule has 0 spiro atoms. The fraction of sp³-hybridized carbons (Fsp3) is 0.438. The summed E-state index contributed by atoms with van der Waals surface area (Å²) in [6.07, 6.45) is 3.05. The maximum atomic E-state index is 5.12. The van der Waals surface area contributed by atoms with E-state index in [1.807, 2.05) is 6.92 Å². The smallest absolute Gasteiger partial charge is 0.203 e. The Kier molecular flexibility index (Phi) is 5.18. The molecule has 4 nitrogen and oxygen atoms in total. The molecule has 0 aliphatic heterocycles. The Bertz CT molecular complexity index is 548. The maximum absolute atomic E-state index is 5.12. The summed E-state index contributed by atoms with van der Waals surface area (Å²) in [4.78, 5) is 4.51. The minimum atomic E-state index is 0.697. The lowest BCUT2D eigenvalue weighted by molar-refractivity contribution is 0.187. The topological polar surface area (TPSA) is 39.1 Å². The van der Waals surface area contributed by atoms with Crippen LogP contribution >= 0.6 is 0 Å². The molecule has 0 amide bonds. The zero-order valence-electron chi connectivity index (χ0n) is 12.5. The Morgan fingerprint density at radius 1 is 1.25 bits per heavy atom. The number of nitrogens with zero attached hydrogens (tertiary/aromatic N) is 2. The average molecular weight is 273 g/mol. The lowest BCUT2D eigenvalue weighted by Gasteiger charge is -2.10. The third-order valence-corrected chi connectivity index (χ3v) is 3.37. The lowest BCUT2D eigenvalue weighted by Crippen LogP contribution is -2.12. The Morgan fingerprint density at radius 2 is 2.05 bits per heavy atom. The average Bonchev–Trinajstić information content (AvgIpc) is 2.79. The molecule has 0 aliphatic carbocycles. The van der Waals surface area contributed by atoms with E-state index in [-0.39, 0.29) is 0 Å². The van der Waals surface area contributed by atoms with Crippen LogP contribution in [-0.2, 0) is 17.7 Å². The summed E-state index contributed by atoms with van der Waals surface area (Å²) in [5.41, 5.74) is 3.75. The normalized spacial score (nSPS) is 10.8. The van der Waals surface area contributed by atoms with Crippen molar-refractivity contribution < 1.29 is 4.74 Å². The van der Waals surface area contributed by atoms with Crippen molar-refractivity contribution in [3.8, 4) is 0 Å². The number of benzene rings is 1. The van der Waals surface area contributed by atoms with Gasteiger partial charge in [-0.3, -0.25) is 0 Å². The van der Waals surface area contributed by atoms with Crippen molar-refractivity contribution in [3.05, 3.63) is 47.3 Å². The van der Waals surface area contributed by atoms with Crippen LogP contribution in [0.3, 0.4) is 0 Å². The van der Waals surface area contributed by atoms with Gasteiger partial charge in [-0.05, 0) is 31.4 Å². The van der Waals surface area contributed by atoms with Gasteiger partial charge in [0.05, 0.1) is 12.3 Å². The SMILES string of the molecule is COCCn1cc(C)nc1NCCc1ccccc1C. The van der Waals surface area contributed by atoms with Crippen LogP contribution < -0.4 is 5.32 Å². The summed E-state index contributed by atoms with van der Waals surface area (Å²) in [5.74, 6) is 0.924. The van der Waals surface area contributed by atoms with E-state index in [1.165, 1.54) is 11.1 Å². The van der Waals surface area contributed by atoms with Gasteiger partial charge < -0.3 is 14.6 Å². The third kappa shape index (κ3) is 3.84. The summed E-state index contributed by atoms with van der Waals surface area (Å²) in [6, 6.07) is 8.50. The number of aryl methyl sites for hydroxylation is 2. The summed E-state index contributed by atoms with van der Waals surface area (Å²) in [5, 5.41) is 3.41. The predicted octanol–water partition coefficient (Wildman–Crippen LogP) is 2.80. The minimum Gasteiger partial charge on any atom is -0.383 e. The molecule has 0 unspecified atom stereocenters. The first kappa shape index (κ1) is 14.6. The largest absolute Gasteiger partial charge is 0.383 e.